The van der Waals surface area contributed by atoms with E-state index in [-0.39, 0.29) is 11.9 Å². The highest BCUT2D eigenvalue weighted by molar-refractivity contribution is 5.89. The third-order valence-corrected chi connectivity index (χ3v) is 4.72. The fraction of sp³-hybridized carbons (Fsp3) is 0.286. The lowest BCUT2D eigenvalue weighted by Crippen LogP contribution is -2.34. The second-order valence-electron chi connectivity index (χ2n) is 6.17. The van der Waals surface area contributed by atoms with Gasteiger partial charge in [-0.2, -0.15) is 0 Å². The Morgan fingerprint density at radius 2 is 2.00 bits per heavy atom. The number of likely N-dealkylation sites (N-methyl/N-ethyl adjacent to an activating group) is 1. The van der Waals surface area contributed by atoms with Crippen LogP contribution in [0.15, 0.2) is 54.7 Å². The monoisotopic (exact) mass is 336 g/mol. The van der Waals surface area contributed by atoms with Crippen LogP contribution in [0.4, 0.5) is 0 Å². The minimum Gasteiger partial charge on any atom is -0.497 e. The molecule has 3 rings (SSSR count). The fourth-order valence-electron chi connectivity index (χ4n) is 3.29. The standard InChI is InChI=1S/C21H24N2O2/c1-4-23(15(2)16-8-7-9-18(12-16)25-3)21(24)13-17-14-22-20-11-6-5-10-19(17)20/h5-12,14-15,22H,4,13H2,1-3H3. The van der Waals surface area contributed by atoms with E-state index in [0.717, 1.165) is 27.8 Å². The van der Waals surface area contributed by atoms with Crippen molar-refractivity contribution in [1.29, 1.82) is 0 Å². The molecule has 0 aliphatic heterocycles. The highest BCUT2D eigenvalue weighted by Crippen LogP contribution is 2.25. The van der Waals surface area contributed by atoms with Gasteiger partial charge in [0.2, 0.25) is 5.91 Å². The van der Waals surface area contributed by atoms with Crippen molar-refractivity contribution in [1.82, 2.24) is 9.88 Å². The minimum absolute atomic E-state index is 0.00203. The molecule has 1 amide bonds. The number of fused-ring (bicyclic) bond motifs is 1. The largest absolute Gasteiger partial charge is 0.497 e. The lowest BCUT2D eigenvalue weighted by atomic mass is 10.0. The zero-order chi connectivity index (χ0) is 17.8. The Bertz CT molecular complexity index is 869. The lowest BCUT2D eigenvalue weighted by molar-refractivity contribution is -0.132. The number of hydrogen-bond donors (Lipinski definition) is 1. The molecule has 1 heterocycles. The fourth-order valence-corrected chi connectivity index (χ4v) is 3.29. The van der Waals surface area contributed by atoms with Crippen molar-refractivity contribution in [3.8, 4) is 5.75 Å². The topological polar surface area (TPSA) is 45.3 Å². The summed E-state index contributed by atoms with van der Waals surface area (Å²) in [5, 5.41) is 1.11. The number of H-pyrrole nitrogens is 1. The summed E-state index contributed by atoms with van der Waals surface area (Å²) in [6.45, 7) is 4.74. The number of carbonyl (C=O) groups excluding carboxylic acids is 1. The summed E-state index contributed by atoms with van der Waals surface area (Å²) in [5.41, 5.74) is 3.18. The van der Waals surface area contributed by atoms with Crippen LogP contribution >= 0.6 is 0 Å². The van der Waals surface area contributed by atoms with Crippen molar-refractivity contribution < 1.29 is 9.53 Å². The molecule has 4 heteroatoms. The molecule has 0 spiro atoms. The molecule has 3 aromatic rings. The molecule has 0 saturated carbocycles. The van der Waals surface area contributed by atoms with Crippen molar-refractivity contribution in [3.63, 3.8) is 0 Å². The van der Waals surface area contributed by atoms with E-state index in [9.17, 15) is 4.79 Å². The summed E-state index contributed by atoms with van der Waals surface area (Å²) in [6, 6.07) is 16.0. The van der Waals surface area contributed by atoms with Crippen molar-refractivity contribution in [3.05, 3.63) is 65.9 Å². The summed E-state index contributed by atoms with van der Waals surface area (Å²) in [4.78, 5) is 18.1. The number of aromatic amines is 1. The number of benzene rings is 2. The van der Waals surface area contributed by atoms with Crippen molar-refractivity contribution in [2.75, 3.05) is 13.7 Å². The molecule has 1 unspecified atom stereocenters. The van der Waals surface area contributed by atoms with Crippen LogP contribution in [-0.4, -0.2) is 29.4 Å². The summed E-state index contributed by atoms with van der Waals surface area (Å²) in [5.74, 6) is 0.937. The van der Waals surface area contributed by atoms with Gasteiger partial charge in [0.15, 0.2) is 0 Å². The number of carbonyl (C=O) groups is 1. The Labute approximate surface area is 148 Å². The van der Waals surface area contributed by atoms with E-state index in [0.29, 0.717) is 13.0 Å². The van der Waals surface area contributed by atoms with Crippen LogP contribution in [0.2, 0.25) is 0 Å². The number of rotatable bonds is 6. The van der Waals surface area contributed by atoms with Crippen LogP contribution < -0.4 is 4.74 Å². The Hall–Kier alpha value is -2.75. The number of ether oxygens (including phenoxy) is 1. The molecule has 0 bridgehead atoms. The van der Waals surface area contributed by atoms with Gasteiger partial charge in [0.25, 0.3) is 0 Å². The first-order valence-corrected chi connectivity index (χ1v) is 8.62. The first kappa shape index (κ1) is 17.1. The van der Waals surface area contributed by atoms with Gasteiger partial charge >= 0.3 is 0 Å². The third-order valence-electron chi connectivity index (χ3n) is 4.72. The number of methoxy groups -OCH3 is 1. The average molecular weight is 336 g/mol. The molecule has 0 fully saturated rings. The van der Waals surface area contributed by atoms with Crippen LogP contribution in [0.1, 0.15) is 31.0 Å². The van der Waals surface area contributed by atoms with Gasteiger partial charge in [-0.25, -0.2) is 0 Å². The summed E-state index contributed by atoms with van der Waals surface area (Å²) >= 11 is 0. The smallest absolute Gasteiger partial charge is 0.227 e. The second kappa shape index (κ2) is 7.43. The quantitative estimate of drug-likeness (QED) is 0.728. The summed E-state index contributed by atoms with van der Waals surface area (Å²) in [6.07, 6.45) is 2.33. The first-order valence-electron chi connectivity index (χ1n) is 8.62. The van der Waals surface area contributed by atoms with Crippen molar-refractivity contribution in [2.24, 2.45) is 0 Å². The summed E-state index contributed by atoms with van der Waals surface area (Å²) in [7, 11) is 1.66. The van der Waals surface area contributed by atoms with E-state index in [1.54, 1.807) is 7.11 Å². The third kappa shape index (κ3) is 3.53. The normalized spacial score (nSPS) is 12.1. The van der Waals surface area contributed by atoms with E-state index < -0.39 is 0 Å². The molecule has 2 aromatic carbocycles. The molecule has 1 atom stereocenters. The molecule has 130 valence electrons. The van der Waals surface area contributed by atoms with Crippen LogP contribution in [0.5, 0.6) is 5.75 Å². The molecule has 0 aliphatic rings. The van der Waals surface area contributed by atoms with Gasteiger partial charge in [-0.3, -0.25) is 4.79 Å². The highest BCUT2D eigenvalue weighted by Gasteiger charge is 2.21. The molecular weight excluding hydrogens is 312 g/mol. The minimum atomic E-state index is -0.00203. The predicted molar refractivity (Wildman–Crippen MR) is 101 cm³/mol. The van der Waals surface area contributed by atoms with Crippen LogP contribution in [-0.2, 0) is 11.2 Å². The second-order valence-corrected chi connectivity index (χ2v) is 6.17. The van der Waals surface area contributed by atoms with E-state index in [1.165, 1.54) is 0 Å². The number of nitrogens with one attached hydrogen (secondary N) is 1. The molecule has 25 heavy (non-hydrogen) atoms. The number of hydrogen-bond acceptors (Lipinski definition) is 2. The van der Waals surface area contributed by atoms with Gasteiger partial charge < -0.3 is 14.6 Å². The molecule has 4 nitrogen and oxygen atoms in total. The van der Waals surface area contributed by atoms with Gasteiger partial charge in [0.05, 0.1) is 19.6 Å². The lowest BCUT2D eigenvalue weighted by Gasteiger charge is -2.28. The average Bonchev–Trinajstić information content (AvgIpc) is 3.05. The van der Waals surface area contributed by atoms with Crippen molar-refractivity contribution >= 4 is 16.8 Å². The van der Waals surface area contributed by atoms with Crippen LogP contribution in [0.3, 0.4) is 0 Å². The van der Waals surface area contributed by atoms with Crippen molar-refractivity contribution in [2.45, 2.75) is 26.3 Å². The SMILES string of the molecule is CCN(C(=O)Cc1c[nH]c2ccccc12)C(C)c1cccc(OC)c1. The van der Waals surface area contributed by atoms with Gasteiger partial charge in [-0.1, -0.05) is 30.3 Å². The molecule has 1 N–H and O–H groups in total. The van der Waals surface area contributed by atoms with E-state index >= 15 is 0 Å². The molecular formula is C21H24N2O2. The maximum absolute atomic E-state index is 12.9. The first-order chi connectivity index (χ1) is 12.1. The molecule has 1 aromatic heterocycles. The Morgan fingerprint density at radius 3 is 2.76 bits per heavy atom. The molecule has 0 aliphatic carbocycles. The maximum Gasteiger partial charge on any atom is 0.227 e. The van der Waals surface area contributed by atoms with E-state index in [2.05, 4.69) is 18.0 Å². The zero-order valence-corrected chi connectivity index (χ0v) is 15.0. The molecule has 0 saturated heterocycles. The Morgan fingerprint density at radius 1 is 1.20 bits per heavy atom. The summed E-state index contributed by atoms with van der Waals surface area (Å²) < 4.78 is 5.30. The molecule has 0 radical (unpaired) electrons. The maximum atomic E-state index is 12.9. The number of para-hydroxylation sites is 1. The van der Waals surface area contributed by atoms with Gasteiger partial charge in [-0.15, -0.1) is 0 Å². The van der Waals surface area contributed by atoms with Gasteiger partial charge in [-0.05, 0) is 43.2 Å². The number of amides is 1. The predicted octanol–water partition coefficient (Wildman–Crippen LogP) is 4.33. The highest BCUT2D eigenvalue weighted by atomic mass is 16.5. The Balaban J connectivity index is 1.80. The van der Waals surface area contributed by atoms with E-state index in [4.69, 9.17) is 4.74 Å². The van der Waals surface area contributed by atoms with Crippen LogP contribution in [0, 0.1) is 0 Å². The van der Waals surface area contributed by atoms with Crippen LogP contribution in [0.25, 0.3) is 10.9 Å². The van der Waals surface area contributed by atoms with Gasteiger partial charge in [0, 0.05) is 23.6 Å². The van der Waals surface area contributed by atoms with Gasteiger partial charge in [0.1, 0.15) is 5.75 Å². The Kier molecular flexibility index (Phi) is 5.08. The number of nitrogens with zero attached hydrogens (tertiary/aromatic N) is 1. The number of aromatic nitrogens is 1. The zero-order valence-electron chi connectivity index (χ0n) is 15.0. The van der Waals surface area contributed by atoms with E-state index in [1.807, 2.05) is 60.5 Å².